The van der Waals surface area contributed by atoms with Crippen LogP contribution < -0.4 is 9.64 Å². The maximum absolute atomic E-state index is 15.3. The fourth-order valence-electron chi connectivity index (χ4n) is 9.02. The van der Waals surface area contributed by atoms with Crippen molar-refractivity contribution in [2.24, 2.45) is 14.1 Å². The number of aromatic nitrogens is 8. The Kier molecular flexibility index (Phi) is 9.56. The van der Waals surface area contributed by atoms with Gasteiger partial charge in [0.05, 0.1) is 23.4 Å². The molecule has 6 heterocycles. The van der Waals surface area contributed by atoms with Gasteiger partial charge in [0.15, 0.2) is 11.6 Å². The second-order valence-corrected chi connectivity index (χ2v) is 16.5. The summed E-state index contributed by atoms with van der Waals surface area (Å²) in [5, 5.41) is 10.9. The lowest BCUT2D eigenvalue weighted by Gasteiger charge is -2.36. The number of rotatable bonds is 9. The molecule has 9 rings (SSSR count). The molecule has 296 valence electrons. The SMILES string of the molecule is Cc1cc(OCCCc2c3c(n4c2C(=O)N(c2cn(C)c5ccc(-c6ncn(-c7ccccn7)n6)cc25)C[C@H]4C)C(c2c(C)nn(C)c2C)C(Cl)C=C3)cc(C)c1Cl. The topological polar surface area (TPSA) is 101 Å². The molecule has 3 atom stereocenters. The average Bonchev–Trinajstić information content (AvgIpc) is 3.97. The second-order valence-electron chi connectivity index (χ2n) is 15.6. The van der Waals surface area contributed by atoms with Gasteiger partial charge in [0.25, 0.3) is 5.91 Å². The highest BCUT2D eigenvalue weighted by molar-refractivity contribution is 6.32. The van der Waals surface area contributed by atoms with E-state index in [0.29, 0.717) is 43.3 Å². The smallest absolute Gasteiger partial charge is 0.275 e. The first-order valence-corrected chi connectivity index (χ1v) is 20.5. The number of benzene rings is 2. The fraction of sp³-hybridized carbons (Fsp3) is 0.311. The molecular weight excluding hydrogens is 769 g/mol. The van der Waals surface area contributed by atoms with Crippen LogP contribution >= 0.6 is 23.2 Å². The van der Waals surface area contributed by atoms with Crippen LogP contribution in [0, 0.1) is 27.7 Å². The Morgan fingerprint density at radius 3 is 2.50 bits per heavy atom. The summed E-state index contributed by atoms with van der Waals surface area (Å²) in [5.41, 5.74) is 11.6. The number of fused-ring (bicyclic) bond motifs is 4. The number of carbonyl (C=O) groups is 1. The van der Waals surface area contributed by atoms with E-state index >= 15 is 4.79 Å². The molecule has 0 bridgehead atoms. The van der Waals surface area contributed by atoms with E-state index in [1.165, 1.54) is 0 Å². The van der Waals surface area contributed by atoms with Crippen molar-refractivity contribution in [2.45, 2.75) is 64.8 Å². The molecule has 13 heteroatoms. The Hall–Kier alpha value is -5.65. The van der Waals surface area contributed by atoms with Gasteiger partial charge in [0, 0.05) is 83.4 Å². The molecule has 11 nitrogen and oxygen atoms in total. The summed E-state index contributed by atoms with van der Waals surface area (Å²) >= 11 is 13.7. The molecule has 0 radical (unpaired) electrons. The molecule has 0 spiro atoms. The molecule has 0 fully saturated rings. The third-order valence-corrected chi connectivity index (χ3v) is 12.8. The number of hydrogen-bond donors (Lipinski definition) is 0. The molecule has 2 aromatic carbocycles. The van der Waals surface area contributed by atoms with Gasteiger partial charge < -0.3 is 18.8 Å². The van der Waals surface area contributed by atoms with Gasteiger partial charge in [-0.25, -0.2) is 14.6 Å². The van der Waals surface area contributed by atoms with Crippen LogP contribution in [0.25, 0.3) is 34.2 Å². The fourth-order valence-corrected chi connectivity index (χ4v) is 9.45. The van der Waals surface area contributed by atoms with E-state index in [0.717, 1.165) is 77.8 Å². The van der Waals surface area contributed by atoms with Crippen molar-refractivity contribution in [3.05, 3.63) is 129 Å². The maximum atomic E-state index is 15.3. The van der Waals surface area contributed by atoms with Crippen LogP contribution in [0.3, 0.4) is 0 Å². The van der Waals surface area contributed by atoms with E-state index in [4.69, 9.17) is 38.1 Å². The average molecular weight is 815 g/mol. The van der Waals surface area contributed by atoms with Crippen LogP contribution in [0.4, 0.5) is 5.69 Å². The molecule has 1 amide bonds. The van der Waals surface area contributed by atoms with Crippen LogP contribution in [0.1, 0.15) is 80.7 Å². The summed E-state index contributed by atoms with van der Waals surface area (Å²) in [5.74, 6) is 1.83. The predicted molar refractivity (Wildman–Crippen MR) is 230 cm³/mol. The normalized spacial score (nSPS) is 17.6. The summed E-state index contributed by atoms with van der Waals surface area (Å²) in [7, 11) is 3.99. The molecule has 5 aromatic heterocycles. The third-order valence-electron chi connectivity index (χ3n) is 11.8. The largest absolute Gasteiger partial charge is 0.494 e. The van der Waals surface area contributed by atoms with Gasteiger partial charge in [-0.15, -0.1) is 16.7 Å². The lowest BCUT2D eigenvalue weighted by atomic mass is 9.83. The molecule has 2 unspecified atom stereocenters. The van der Waals surface area contributed by atoms with E-state index < -0.39 is 0 Å². The number of hydrogen-bond acceptors (Lipinski definition) is 6. The number of pyridine rings is 1. The quantitative estimate of drug-likeness (QED) is 0.106. The highest BCUT2D eigenvalue weighted by Gasteiger charge is 2.43. The van der Waals surface area contributed by atoms with E-state index in [9.17, 15) is 0 Å². The van der Waals surface area contributed by atoms with Crippen LogP contribution in [0.2, 0.25) is 5.02 Å². The predicted octanol–water partition coefficient (Wildman–Crippen LogP) is 9.24. The number of halogens is 2. The Bertz CT molecular complexity index is 2750. The first kappa shape index (κ1) is 37.9. The molecule has 2 aliphatic rings. The first-order chi connectivity index (χ1) is 27.9. The van der Waals surface area contributed by atoms with E-state index in [2.05, 4.69) is 63.4 Å². The molecule has 0 saturated heterocycles. The zero-order valence-electron chi connectivity index (χ0n) is 33.7. The number of allylic oxidation sites excluding steroid dienone is 1. The minimum atomic E-state index is -0.313. The van der Waals surface area contributed by atoms with E-state index in [-0.39, 0.29) is 23.2 Å². The Balaban J connectivity index is 1.12. The standard InChI is InChI=1S/C45H45Cl2N9O2/c1-25-19-31(20-26(2)41(25)47)58-18-10-11-32-33-14-15-35(46)40(39-28(4)50-53(7)29(39)5)42(33)56-27(3)22-54(45(57)43(32)56)37-23-52(6)36-16-13-30(21-34(36)37)44-49-24-55(51-44)38-12-8-9-17-48-38/h8-9,12-17,19-21,23-24,27,35,40H,10-11,18,22H2,1-7H3/t27-,35?,40?/m1/s1. The molecular formula is C45H45Cl2N9O2. The van der Waals surface area contributed by atoms with Crippen molar-refractivity contribution < 1.29 is 9.53 Å². The minimum Gasteiger partial charge on any atom is -0.494 e. The number of anilines is 1. The second kappa shape index (κ2) is 14.6. The van der Waals surface area contributed by atoms with Gasteiger partial charge in [-0.3, -0.25) is 9.48 Å². The summed E-state index contributed by atoms with van der Waals surface area (Å²) in [6, 6.07) is 15.8. The highest BCUT2D eigenvalue weighted by Crippen LogP contribution is 2.47. The monoisotopic (exact) mass is 813 g/mol. The van der Waals surface area contributed by atoms with Gasteiger partial charge >= 0.3 is 0 Å². The molecule has 0 N–H and O–H groups in total. The first-order valence-electron chi connectivity index (χ1n) is 19.6. The number of carbonyl (C=O) groups excluding carboxylic acids is 1. The third kappa shape index (κ3) is 6.23. The number of amides is 1. The van der Waals surface area contributed by atoms with E-state index in [1.54, 1.807) is 17.2 Å². The van der Waals surface area contributed by atoms with Crippen molar-refractivity contribution in [2.75, 3.05) is 18.1 Å². The number of ether oxygens (including phenoxy) is 1. The van der Waals surface area contributed by atoms with Gasteiger partial charge in [-0.05, 0) is 112 Å². The van der Waals surface area contributed by atoms with Gasteiger partial charge in [0.2, 0.25) is 0 Å². The summed E-state index contributed by atoms with van der Waals surface area (Å²) in [4.78, 5) is 26.3. The van der Waals surface area contributed by atoms with E-state index in [1.807, 2.05) is 80.8 Å². The number of nitrogens with zero attached hydrogens (tertiary/aromatic N) is 9. The molecule has 0 saturated carbocycles. The summed E-state index contributed by atoms with van der Waals surface area (Å²) < 4.78 is 14.2. The van der Waals surface area contributed by atoms with Gasteiger partial charge in [-0.2, -0.15) is 5.10 Å². The summed E-state index contributed by atoms with van der Waals surface area (Å²) in [6.45, 7) is 11.3. The molecule has 1 aliphatic carbocycles. The van der Waals surface area contributed by atoms with Crippen molar-refractivity contribution in [3.8, 4) is 23.0 Å². The molecule has 58 heavy (non-hydrogen) atoms. The Morgan fingerprint density at radius 2 is 1.78 bits per heavy atom. The van der Waals surface area contributed by atoms with Crippen molar-refractivity contribution >= 4 is 51.8 Å². The zero-order chi connectivity index (χ0) is 40.6. The summed E-state index contributed by atoms with van der Waals surface area (Å²) in [6.07, 6.45) is 11.0. The minimum absolute atomic E-state index is 0.0410. The number of alkyl halides is 1. The van der Waals surface area contributed by atoms with Crippen LogP contribution in [0.5, 0.6) is 5.75 Å². The highest BCUT2D eigenvalue weighted by atomic mass is 35.5. The van der Waals surface area contributed by atoms with Gasteiger partial charge in [-0.1, -0.05) is 29.8 Å². The van der Waals surface area contributed by atoms with Crippen LogP contribution in [-0.4, -0.2) is 63.1 Å². The lowest BCUT2D eigenvalue weighted by molar-refractivity contribution is 0.0955. The molecule has 1 aliphatic heterocycles. The zero-order valence-corrected chi connectivity index (χ0v) is 35.2. The Labute approximate surface area is 347 Å². The maximum Gasteiger partial charge on any atom is 0.275 e. The van der Waals surface area contributed by atoms with Crippen molar-refractivity contribution in [1.82, 2.24) is 38.7 Å². The lowest BCUT2D eigenvalue weighted by Crippen LogP contribution is -2.43. The van der Waals surface area contributed by atoms with Gasteiger partial charge in [0.1, 0.15) is 17.8 Å². The van der Waals surface area contributed by atoms with Crippen molar-refractivity contribution in [3.63, 3.8) is 0 Å². The van der Waals surface area contributed by atoms with Crippen LogP contribution in [-0.2, 0) is 20.5 Å². The number of aryl methyl sites for hydroxylation is 5. The Morgan fingerprint density at radius 1 is 0.983 bits per heavy atom. The molecule has 7 aromatic rings. The van der Waals surface area contributed by atoms with Crippen molar-refractivity contribution in [1.29, 1.82) is 0 Å². The van der Waals surface area contributed by atoms with Crippen LogP contribution in [0.15, 0.2) is 73.3 Å².